The van der Waals surface area contributed by atoms with E-state index in [4.69, 9.17) is 5.21 Å². The SMILES string of the molecule is O=C(NO)c1ccc2c(c1)CCCC2NC(=O)C(c1ccccc1)c1ccc(O)cc1. The maximum atomic E-state index is 13.5. The molecule has 0 saturated carbocycles. The number of phenols is 1. The van der Waals surface area contributed by atoms with Crippen LogP contribution in [0.1, 0.15) is 57.4 Å². The van der Waals surface area contributed by atoms with Crippen molar-refractivity contribution in [1.29, 1.82) is 0 Å². The Morgan fingerprint density at radius 2 is 1.65 bits per heavy atom. The van der Waals surface area contributed by atoms with Gasteiger partial charge in [0.15, 0.2) is 0 Å². The highest BCUT2D eigenvalue weighted by atomic mass is 16.5. The highest BCUT2D eigenvalue weighted by Crippen LogP contribution is 2.33. The molecular formula is C25H24N2O4. The minimum Gasteiger partial charge on any atom is -0.508 e. The van der Waals surface area contributed by atoms with Crippen LogP contribution in [-0.4, -0.2) is 22.1 Å². The smallest absolute Gasteiger partial charge is 0.274 e. The van der Waals surface area contributed by atoms with Crippen LogP contribution in [-0.2, 0) is 11.2 Å². The second-order valence-corrected chi connectivity index (χ2v) is 7.74. The predicted octanol–water partition coefficient (Wildman–Crippen LogP) is 3.84. The van der Waals surface area contributed by atoms with Gasteiger partial charge >= 0.3 is 0 Å². The predicted molar refractivity (Wildman–Crippen MR) is 116 cm³/mol. The van der Waals surface area contributed by atoms with E-state index in [1.165, 1.54) is 0 Å². The van der Waals surface area contributed by atoms with E-state index in [0.29, 0.717) is 5.56 Å². The van der Waals surface area contributed by atoms with E-state index >= 15 is 0 Å². The molecule has 0 aromatic heterocycles. The van der Waals surface area contributed by atoms with Crippen LogP contribution in [0.2, 0.25) is 0 Å². The summed E-state index contributed by atoms with van der Waals surface area (Å²) in [6.45, 7) is 0. The summed E-state index contributed by atoms with van der Waals surface area (Å²) >= 11 is 0. The van der Waals surface area contributed by atoms with Crippen molar-refractivity contribution in [3.63, 3.8) is 0 Å². The molecule has 0 spiro atoms. The van der Waals surface area contributed by atoms with Crippen LogP contribution < -0.4 is 10.8 Å². The number of carbonyl (C=O) groups is 2. The van der Waals surface area contributed by atoms with Gasteiger partial charge in [-0.15, -0.1) is 0 Å². The Morgan fingerprint density at radius 1 is 0.935 bits per heavy atom. The molecular weight excluding hydrogens is 392 g/mol. The number of hydrogen-bond acceptors (Lipinski definition) is 4. The highest BCUT2D eigenvalue weighted by Gasteiger charge is 2.28. The molecule has 1 aliphatic rings. The summed E-state index contributed by atoms with van der Waals surface area (Å²) in [6.07, 6.45) is 2.51. The second-order valence-electron chi connectivity index (χ2n) is 7.74. The fourth-order valence-electron chi connectivity index (χ4n) is 4.23. The fourth-order valence-corrected chi connectivity index (χ4v) is 4.23. The third kappa shape index (κ3) is 4.44. The number of aryl methyl sites for hydroxylation is 1. The largest absolute Gasteiger partial charge is 0.508 e. The number of hydroxylamine groups is 1. The van der Waals surface area contributed by atoms with Gasteiger partial charge in [0.1, 0.15) is 5.75 Å². The number of carbonyl (C=O) groups excluding carboxylic acids is 2. The van der Waals surface area contributed by atoms with Crippen LogP contribution in [0.5, 0.6) is 5.75 Å². The van der Waals surface area contributed by atoms with Crippen molar-refractivity contribution in [2.24, 2.45) is 0 Å². The van der Waals surface area contributed by atoms with Crippen molar-refractivity contribution in [3.05, 3.63) is 101 Å². The third-order valence-electron chi connectivity index (χ3n) is 5.76. The zero-order valence-electron chi connectivity index (χ0n) is 16.9. The third-order valence-corrected chi connectivity index (χ3v) is 5.76. The van der Waals surface area contributed by atoms with Crippen molar-refractivity contribution < 1.29 is 19.9 Å². The lowest BCUT2D eigenvalue weighted by molar-refractivity contribution is -0.122. The molecule has 2 atom stereocenters. The number of nitrogens with one attached hydrogen (secondary N) is 2. The topological polar surface area (TPSA) is 98.7 Å². The van der Waals surface area contributed by atoms with Gasteiger partial charge < -0.3 is 10.4 Å². The molecule has 0 bridgehead atoms. The van der Waals surface area contributed by atoms with E-state index in [-0.39, 0.29) is 17.7 Å². The van der Waals surface area contributed by atoms with Gasteiger partial charge in [0.05, 0.1) is 12.0 Å². The fraction of sp³-hybridized carbons (Fsp3) is 0.200. The minimum atomic E-state index is -0.551. The number of phenolic OH excluding ortho intramolecular Hbond substituents is 1. The minimum absolute atomic E-state index is 0.119. The van der Waals surface area contributed by atoms with Gasteiger partial charge in [-0.05, 0) is 65.8 Å². The molecule has 4 rings (SSSR count). The number of benzene rings is 3. The van der Waals surface area contributed by atoms with Crippen LogP contribution in [0.4, 0.5) is 0 Å². The zero-order chi connectivity index (χ0) is 21.8. The molecule has 0 radical (unpaired) electrons. The summed E-state index contributed by atoms with van der Waals surface area (Å²) in [7, 11) is 0. The van der Waals surface area contributed by atoms with Crippen LogP contribution in [0, 0.1) is 0 Å². The van der Waals surface area contributed by atoms with Crippen LogP contribution in [0.15, 0.2) is 72.8 Å². The quantitative estimate of drug-likeness (QED) is 0.375. The summed E-state index contributed by atoms with van der Waals surface area (Å²) in [5.41, 5.74) is 5.71. The van der Waals surface area contributed by atoms with Gasteiger partial charge in [-0.1, -0.05) is 48.5 Å². The van der Waals surface area contributed by atoms with Gasteiger partial charge in [-0.25, -0.2) is 5.48 Å². The Labute approximate surface area is 180 Å². The molecule has 0 saturated heterocycles. The van der Waals surface area contributed by atoms with Crippen molar-refractivity contribution in [1.82, 2.24) is 10.8 Å². The summed E-state index contributed by atoms with van der Waals surface area (Å²) in [5, 5.41) is 21.7. The van der Waals surface area contributed by atoms with E-state index in [0.717, 1.165) is 41.5 Å². The Bertz CT molecular complexity index is 1080. The molecule has 6 nitrogen and oxygen atoms in total. The summed E-state index contributed by atoms with van der Waals surface area (Å²) < 4.78 is 0. The van der Waals surface area contributed by atoms with E-state index in [1.54, 1.807) is 41.9 Å². The van der Waals surface area contributed by atoms with Crippen LogP contribution in [0.3, 0.4) is 0 Å². The molecule has 4 N–H and O–H groups in total. The number of rotatable bonds is 5. The molecule has 2 unspecified atom stereocenters. The molecule has 31 heavy (non-hydrogen) atoms. The van der Waals surface area contributed by atoms with Gasteiger partial charge in [0.2, 0.25) is 5.91 Å². The first-order valence-electron chi connectivity index (χ1n) is 10.3. The van der Waals surface area contributed by atoms with Crippen LogP contribution >= 0.6 is 0 Å². The monoisotopic (exact) mass is 416 g/mol. The molecule has 3 aromatic rings. The molecule has 0 aliphatic heterocycles. The lowest BCUT2D eigenvalue weighted by atomic mass is 9.85. The Hall–Kier alpha value is -3.64. The van der Waals surface area contributed by atoms with Gasteiger partial charge in [-0.2, -0.15) is 0 Å². The molecule has 1 aliphatic carbocycles. The van der Waals surface area contributed by atoms with Gasteiger partial charge in [0.25, 0.3) is 5.91 Å². The van der Waals surface area contributed by atoms with Crippen molar-refractivity contribution in [2.75, 3.05) is 0 Å². The maximum Gasteiger partial charge on any atom is 0.274 e. The summed E-state index contributed by atoms with van der Waals surface area (Å²) in [6, 6.07) is 21.4. The highest BCUT2D eigenvalue weighted by molar-refractivity contribution is 5.93. The van der Waals surface area contributed by atoms with E-state index in [1.807, 2.05) is 36.4 Å². The van der Waals surface area contributed by atoms with E-state index in [9.17, 15) is 14.7 Å². The van der Waals surface area contributed by atoms with Crippen molar-refractivity contribution in [3.8, 4) is 5.75 Å². The first-order valence-corrected chi connectivity index (χ1v) is 10.3. The number of amides is 2. The molecule has 6 heteroatoms. The molecule has 0 fully saturated rings. The first-order chi connectivity index (χ1) is 15.1. The molecule has 158 valence electrons. The van der Waals surface area contributed by atoms with Gasteiger partial charge in [-0.3, -0.25) is 14.8 Å². The molecule has 0 heterocycles. The number of hydrogen-bond donors (Lipinski definition) is 4. The molecule has 2 amide bonds. The Morgan fingerprint density at radius 3 is 2.35 bits per heavy atom. The number of aromatic hydroxyl groups is 1. The Balaban J connectivity index is 1.63. The van der Waals surface area contributed by atoms with Gasteiger partial charge in [0, 0.05) is 5.56 Å². The first kappa shape index (κ1) is 20.6. The average Bonchev–Trinajstić information content (AvgIpc) is 2.80. The summed E-state index contributed by atoms with van der Waals surface area (Å²) in [5.74, 6) is -1.02. The summed E-state index contributed by atoms with van der Waals surface area (Å²) in [4.78, 5) is 25.2. The second kappa shape index (κ2) is 9.02. The van der Waals surface area contributed by atoms with E-state index in [2.05, 4.69) is 5.32 Å². The lowest BCUT2D eigenvalue weighted by Gasteiger charge is -2.29. The average molecular weight is 416 g/mol. The van der Waals surface area contributed by atoms with Crippen LogP contribution in [0.25, 0.3) is 0 Å². The standard InChI is InChI=1S/C25H24N2O4/c28-20-12-9-17(10-13-20)23(16-5-2-1-3-6-16)25(30)26-22-8-4-7-18-15-19(24(29)27-31)11-14-21(18)22/h1-3,5-6,9-15,22-23,28,31H,4,7-8H2,(H,26,30)(H,27,29). The van der Waals surface area contributed by atoms with Crippen molar-refractivity contribution in [2.45, 2.75) is 31.2 Å². The normalized spacial score (nSPS) is 16.1. The lowest BCUT2D eigenvalue weighted by Crippen LogP contribution is -2.35. The zero-order valence-corrected chi connectivity index (χ0v) is 16.9. The number of fused-ring (bicyclic) bond motifs is 1. The molecule has 3 aromatic carbocycles. The van der Waals surface area contributed by atoms with E-state index < -0.39 is 11.8 Å². The maximum absolute atomic E-state index is 13.5. The van der Waals surface area contributed by atoms with Crippen molar-refractivity contribution >= 4 is 11.8 Å². The Kier molecular flexibility index (Phi) is 6.00.